The zero-order valence-electron chi connectivity index (χ0n) is 9.46. The summed E-state index contributed by atoms with van der Waals surface area (Å²) in [6.07, 6.45) is 2.68. The number of nitro groups is 1. The van der Waals surface area contributed by atoms with Crippen LogP contribution in [0.15, 0.2) is 5.10 Å². The van der Waals surface area contributed by atoms with Gasteiger partial charge in [0.05, 0.1) is 4.92 Å². The molecule has 0 saturated heterocycles. The lowest BCUT2D eigenvalue weighted by molar-refractivity contribution is -0.572. The largest absolute Gasteiger partial charge is 0.384 e. The lowest BCUT2D eigenvalue weighted by atomic mass is 10.3. The highest BCUT2D eigenvalue weighted by Gasteiger charge is 2.38. The molecule has 1 aliphatic rings. The summed E-state index contributed by atoms with van der Waals surface area (Å²) in [5, 5.41) is 16.5. The average molecular weight is 214 g/mol. The van der Waals surface area contributed by atoms with Gasteiger partial charge in [-0.25, -0.2) is 5.01 Å². The van der Waals surface area contributed by atoms with E-state index in [1.165, 1.54) is 0 Å². The Hall–Kier alpha value is -1.33. The third-order valence-electron chi connectivity index (χ3n) is 2.39. The van der Waals surface area contributed by atoms with Crippen molar-refractivity contribution in [2.24, 2.45) is 5.10 Å². The number of hydrogen-bond donors (Lipinski definition) is 0. The topological polar surface area (TPSA) is 62.0 Å². The molecule has 0 spiro atoms. The minimum atomic E-state index is -0.823. The smallest absolute Gasteiger partial charge is 0.276 e. The Morgan fingerprint density at radius 2 is 2.27 bits per heavy atom. The van der Waals surface area contributed by atoms with Crippen molar-refractivity contribution in [2.45, 2.75) is 45.9 Å². The fraction of sp³-hybridized carbons (Fsp3) is 0.889. The molecule has 1 unspecified atom stereocenters. The van der Waals surface area contributed by atoms with Gasteiger partial charge in [-0.15, -0.1) is 0 Å². The van der Waals surface area contributed by atoms with Gasteiger partial charge in [0.2, 0.25) is 0 Å². The van der Waals surface area contributed by atoms with Gasteiger partial charge in [0.25, 0.3) is 0 Å². The Morgan fingerprint density at radius 3 is 2.73 bits per heavy atom. The van der Waals surface area contributed by atoms with Crippen LogP contribution < -0.4 is 0 Å². The molecule has 1 atom stereocenters. The molecule has 1 rings (SSSR count). The molecule has 0 aromatic heterocycles. The maximum absolute atomic E-state index is 10.9. The van der Waals surface area contributed by atoms with E-state index in [1.807, 2.05) is 13.8 Å². The summed E-state index contributed by atoms with van der Waals surface area (Å²) in [5.74, 6) is 0. The Bertz CT molecular complexity index is 254. The van der Waals surface area contributed by atoms with Crippen LogP contribution in [-0.2, 0) is 0 Å². The molecule has 15 heavy (non-hydrogen) atoms. The molecule has 0 aromatic rings. The number of nitrogens with zero attached hydrogens (tertiary/aromatic N) is 4. The van der Waals surface area contributed by atoms with Gasteiger partial charge in [-0.2, -0.15) is 5.10 Å². The van der Waals surface area contributed by atoms with Crippen molar-refractivity contribution >= 4 is 6.34 Å². The standard InChI is InChI=1S/C9H18N4O2/c1-4-5-6-12-9(13(14)15)11(7-10-12)8(2)3/h7-9H,4-6H2,1-3H3. The molecule has 1 aliphatic heterocycles. The van der Waals surface area contributed by atoms with Crippen molar-refractivity contribution in [1.82, 2.24) is 9.91 Å². The van der Waals surface area contributed by atoms with Crippen molar-refractivity contribution in [3.05, 3.63) is 10.1 Å². The van der Waals surface area contributed by atoms with Gasteiger partial charge in [0.15, 0.2) is 0 Å². The highest BCUT2D eigenvalue weighted by Crippen LogP contribution is 2.16. The van der Waals surface area contributed by atoms with E-state index in [2.05, 4.69) is 12.0 Å². The summed E-state index contributed by atoms with van der Waals surface area (Å²) in [7, 11) is 0. The van der Waals surface area contributed by atoms with E-state index < -0.39 is 6.29 Å². The first-order valence-corrected chi connectivity index (χ1v) is 5.29. The highest BCUT2D eigenvalue weighted by molar-refractivity contribution is 5.57. The van der Waals surface area contributed by atoms with Crippen molar-refractivity contribution < 1.29 is 4.92 Å². The second-order valence-corrected chi connectivity index (χ2v) is 3.92. The molecular weight excluding hydrogens is 196 g/mol. The molecule has 0 amide bonds. The van der Waals surface area contributed by atoms with E-state index in [0.29, 0.717) is 6.54 Å². The first-order chi connectivity index (χ1) is 7.07. The van der Waals surface area contributed by atoms with E-state index >= 15 is 0 Å². The number of rotatable bonds is 5. The summed E-state index contributed by atoms with van der Waals surface area (Å²) < 4.78 is 0. The van der Waals surface area contributed by atoms with Crippen molar-refractivity contribution in [1.29, 1.82) is 0 Å². The van der Waals surface area contributed by atoms with E-state index in [9.17, 15) is 10.1 Å². The second-order valence-electron chi connectivity index (χ2n) is 3.92. The molecule has 0 radical (unpaired) electrons. The van der Waals surface area contributed by atoms with Crippen LogP contribution in [0, 0.1) is 10.1 Å². The Kier molecular flexibility index (Phi) is 3.88. The maximum Gasteiger partial charge on any atom is 0.384 e. The van der Waals surface area contributed by atoms with E-state index in [4.69, 9.17) is 0 Å². The fourth-order valence-corrected chi connectivity index (χ4v) is 1.51. The van der Waals surface area contributed by atoms with Crippen LogP contribution in [0.5, 0.6) is 0 Å². The minimum absolute atomic E-state index is 0.0933. The molecule has 0 aliphatic carbocycles. The minimum Gasteiger partial charge on any atom is -0.276 e. The summed E-state index contributed by atoms with van der Waals surface area (Å²) in [6, 6.07) is 0.0933. The lowest BCUT2D eigenvalue weighted by Crippen LogP contribution is -2.48. The van der Waals surface area contributed by atoms with Crippen molar-refractivity contribution in [3.8, 4) is 0 Å². The van der Waals surface area contributed by atoms with Gasteiger partial charge in [-0.3, -0.25) is 15.0 Å². The Balaban J connectivity index is 2.66. The van der Waals surface area contributed by atoms with Crippen molar-refractivity contribution in [2.75, 3.05) is 6.54 Å². The summed E-state index contributed by atoms with van der Waals surface area (Å²) in [5.41, 5.74) is 0. The van der Waals surface area contributed by atoms with Crippen LogP contribution in [0.2, 0.25) is 0 Å². The molecule has 0 N–H and O–H groups in total. The molecule has 0 fully saturated rings. The lowest BCUT2D eigenvalue weighted by Gasteiger charge is -2.25. The van der Waals surface area contributed by atoms with E-state index in [1.54, 1.807) is 16.2 Å². The normalized spacial score (nSPS) is 20.4. The van der Waals surface area contributed by atoms with Gasteiger partial charge in [0, 0.05) is 12.6 Å². The van der Waals surface area contributed by atoms with E-state index in [0.717, 1.165) is 12.8 Å². The predicted molar refractivity (Wildman–Crippen MR) is 57.9 cm³/mol. The van der Waals surface area contributed by atoms with Crippen molar-refractivity contribution in [3.63, 3.8) is 0 Å². The van der Waals surface area contributed by atoms with Crippen LogP contribution in [0.4, 0.5) is 0 Å². The van der Waals surface area contributed by atoms with Gasteiger partial charge in [-0.1, -0.05) is 13.3 Å². The van der Waals surface area contributed by atoms with Gasteiger partial charge in [-0.05, 0) is 20.3 Å². The summed E-state index contributed by atoms with van der Waals surface area (Å²) >= 11 is 0. The van der Waals surface area contributed by atoms with Crippen LogP contribution in [0.25, 0.3) is 0 Å². The molecule has 1 heterocycles. The SMILES string of the molecule is CCCCN1N=CN(C(C)C)C1[N+](=O)[O-]. The van der Waals surface area contributed by atoms with Crippen LogP contribution >= 0.6 is 0 Å². The monoisotopic (exact) mass is 214 g/mol. The van der Waals surface area contributed by atoms with E-state index in [-0.39, 0.29) is 11.0 Å². The molecular formula is C9H18N4O2. The molecule has 0 saturated carbocycles. The third-order valence-corrected chi connectivity index (χ3v) is 2.39. The van der Waals surface area contributed by atoms with Gasteiger partial charge < -0.3 is 0 Å². The van der Waals surface area contributed by atoms with Crippen LogP contribution in [0.1, 0.15) is 33.6 Å². The van der Waals surface area contributed by atoms with Gasteiger partial charge in [0.1, 0.15) is 6.34 Å². The fourth-order valence-electron chi connectivity index (χ4n) is 1.51. The quantitative estimate of drug-likeness (QED) is 0.511. The first kappa shape index (κ1) is 11.7. The number of unbranched alkanes of at least 4 members (excludes halogenated alkanes) is 1. The predicted octanol–water partition coefficient (Wildman–Crippen LogP) is 1.32. The third kappa shape index (κ3) is 2.57. The molecule has 6 heteroatoms. The Morgan fingerprint density at radius 1 is 1.60 bits per heavy atom. The summed E-state index contributed by atoms with van der Waals surface area (Å²) in [6.45, 7) is 6.54. The molecule has 6 nitrogen and oxygen atoms in total. The van der Waals surface area contributed by atoms with Crippen LogP contribution in [-0.4, -0.2) is 40.0 Å². The second kappa shape index (κ2) is 4.95. The number of hydrazone groups is 1. The zero-order chi connectivity index (χ0) is 11.4. The zero-order valence-corrected chi connectivity index (χ0v) is 9.46. The highest BCUT2D eigenvalue weighted by atomic mass is 16.6. The summed E-state index contributed by atoms with van der Waals surface area (Å²) in [4.78, 5) is 12.3. The Labute approximate surface area is 89.7 Å². The number of hydrogen-bond acceptors (Lipinski definition) is 5. The first-order valence-electron chi connectivity index (χ1n) is 5.29. The maximum atomic E-state index is 10.9. The molecule has 86 valence electrons. The molecule has 0 bridgehead atoms. The van der Waals surface area contributed by atoms with Crippen LogP contribution in [0.3, 0.4) is 0 Å². The average Bonchev–Trinajstić information content (AvgIpc) is 2.58. The molecule has 0 aromatic carbocycles. The van der Waals surface area contributed by atoms with Gasteiger partial charge >= 0.3 is 6.29 Å².